The van der Waals surface area contributed by atoms with Crippen molar-refractivity contribution >= 4 is 34.8 Å². The van der Waals surface area contributed by atoms with Crippen molar-refractivity contribution in [3.8, 4) is 0 Å². The lowest BCUT2D eigenvalue weighted by molar-refractivity contribution is -0.385. The summed E-state index contributed by atoms with van der Waals surface area (Å²) in [4.78, 5) is 54.3. The fourth-order valence-corrected chi connectivity index (χ4v) is 6.60. The van der Waals surface area contributed by atoms with Crippen LogP contribution < -0.4 is 10.2 Å². The minimum Gasteiger partial charge on any atom is -0.394 e. The lowest BCUT2D eigenvalue weighted by Crippen LogP contribution is -2.46. The van der Waals surface area contributed by atoms with Gasteiger partial charge in [-0.3, -0.25) is 24.5 Å². The van der Waals surface area contributed by atoms with Gasteiger partial charge in [0.05, 0.1) is 29.8 Å². The Bertz CT molecular complexity index is 1950. The molecule has 0 saturated carbocycles. The van der Waals surface area contributed by atoms with Crippen molar-refractivity contribution in [3.05, 3.63) is 147 Å². The molecule has 2 aliphatic rings. The number of amides is 3. The topological polar surface area (TPSA) is 153 Å². The van der Waals surface area contributed by atoms with Crippen molar-refractivity contribution in [3.63, 3.8) is 0 Å². The standard InChI is InChI=1S/C38H36N4O7/c1-25(9-7-16-35(44)40-23-29-14-6-5-13-28(29)20-32(40)24-43)38(47)33-21-31(42(48)49)17-18-34(33)41(37(38)46)22-26-10-8-15-30(19-26)39-36(45)27-11-3-2-4-12-27/h2-15,17-19,21,25,32,43,47H,16,20,22-24H2,1H3,(H,39,45)/b9-7+/t25-,32+,38+/m1/s1. The molecular weight excluding hydrogens is 624 g/mol. The first kappa shape index (κ1) is 33.3. The average Bonchev–Trinajstić information content (AvgIpc) is 3.33. The Labute approximate surface area is 283 Å². The number of hydrogen-bond acceptors (Lipinski definition) is 7. The van der Waals surface area contributed by atoms with E-state index in [0.717, 1.165) is 11.1 Å². The van der Waals surface area contributed by atoms with Gasteiger partial charge in [-0.15, -0.1) is 0 Å². The smallest absolute Gasteiger partial charge is 0.269 e. The highest BCUT2D eigenvalue weighted by Gasteiger charge is 2.53. The molecule has 0 unspecified atom stereocenters. The Morgan fingerprint density at radius 2 is 1.76 bits per heavy atom. The number of aliphatic hydroxyl groups excluding tert-OH is 1. The quantitative estimate of drug-likeness (QED) is 0.121. The number of nitrogens with zero attached hydrogens (tertiary/aromatic N) is 3. The largest absolute Gasteiger partial charge is 0.394 e. The van der Waals surface area contributed by atoms with Crippen LogP contribution in [-0.4, -0.2) is 50.4 Å². The first-order valence-corrected chi connectivity index (χ1v) is 16.0. The molecule has 11 nitrogen and oxygen atoms in total. The van der Waals surface area contributed by atoms with E-state index in [1.807, 2.05) is 30.3 Å². The first-order chi connectivity index (χ1) is 23.6. The third-order valence-corrected chi connectivity index (χ3v) is 9.29. The summed E-state index contributed by atoms with van der Waals surface area (Å²) in [5.41, 5.74) is 1.76. The van der Waals surface area contributed by atoms with Crippen molar-refractivity contribution in [1.82, 2.24) is 4.90 Å². The Morgan fingerprint density at radius 3 is 2.49 bits per heavy atom. The monoisotopic (exact) mass is 660 g/mol. The van der Waals surface area contributed by atoms with Crippen LogP contribution >= 0.6 is 0 Å². The summed E-state index contributed by atoms with van der Waals surface area (Å²) in [5, 5.41) is 36.6. The minimum absolute atomic E-state index is 0.0227. The third-order valence-electron chi connectivity index (χ3n) is 9.29. The van der Waals surface area contributed by atoms with Gasteiger partial charge in [-0.05, 0) is 53.4 Å². The number of nitro benzene ring substituents is 1. The van der Waals surface area contributed by atoms with Gasteiger partial charge in [0.2, 0.25) is 5.91 Å². The highest BCUT2D eigenvalue weighted by molar-refractivity contribution is 6.07. The fraction of sp³-hybridized carbons (Fsp3) is 0.237. The van der Waals surface area contributed by atoms with Gasteiger partial charge in [0.25, 0.3) is 17.5 Å². The molecule has 0 saturated heterocycles. The molecule has 0 bridgehead atoms. The van der Waals surface area contributed by atoms with E-state index in [-0.39, 0.29) is 48.7 Å². The number of aliphatic hydroxyl groups is 2. The van der Waals surface area contributed by atoms with E-state index in [0.29, 0.717) is 35.5 Å². The van der Waals surface area contributed by atoms with E-state index in [4.69, 9.17) is 0 Å². The molecule has 3 amide bonds. The molecule has 250 valence electrons. The zero-order valence-corrected chi connectivity index (χ0v) is 26.9. The molecule has 2 aliphatic heterocycles. The van der Waals surface area contributed by atoms with Crippen molar-refractivity contribution in [1.29, 1.82) is 0 Å². The van der Waals surface area contributed by atoms with Crippen LogP contribution in [0.15, 0.2) is 109 Å². The van der Waals surface area contributed by atoms with Crippen LogP contribution in [-0.2, 0) is 34.7 Å². The van der Waals surface area contributed by atoms with Crippen molar-refractivity contribution in [2.75, 3.05) is 16.8 Å². The fourth-order valence-electron chi connectivity index (χ4n) is 6.60. The SMILES string of the molecule is C[C@H](/C=C/CC(=O)N1Cc2ccccc2C[C@H]1CO)[C@@]1(O)C(=O)N(Cc2cccc(NC(=O)c3ccccc3)c2)c2ccc([N+](=O)[O-])cc21. The predicted octanol–water partition coefficient (Wildman–Crippen LogP) is 5.11. The molecule has 0 aliphatic carbocycles. The maximum Gasteiger partial charge on any atom is 0.269 e. The molecule has 0 radical (unpaired) electrons. The second-order valence-electron chi connectivity index (χ2n) is 12.4. The maximum atomic E-state index is 14.1. The van der Waals surface area contributed by atoms with Gasteiger partial charge in [0.1, 0.15) is 0 Å². The van der Waals surface area contributed by atoms with Gasteiger partial charge in [0.15, 0.2) is 5.60 Å². The van der Waals surface area contributed by atoms with Crippen LogP contribution in [0.2, 0.25) is 0 Å². The van der Waals surface area contributed by atoms with Crippen molar-refractivity contribution in [2.45, 2.75) is 44.5 Å². The second kappa shape index (κ2) is 13.8. The van der Waals surface area contributed by atoms with E-state index in [1.54, 1.807) is 72.5 Å². The van der Waals surface area contributed by atoms with Gasteiger partial charge in [0, 0.05) is 47.8 Å². The van der Waals surface area contributed by atoms with E-state index >= 15 is 0 Å². The molecule has 0 aromatic heterocycles. The van der Waals surface area contributed by atoms with Gasteiger partial charge >= 0.3 is 0 Å². The van der Waals surface area contributed by atoms with Crippen LogP contribution in [0.5, 0.6) is 0 Å². The van der Waals surface area contributed by atoms with E-state index in [2.05, 4.69) is 5.32 Å². The normalized spacial score (nSPS) is 19.0. The highest BCUT2D eigenvalue weighted by atomic mass is 16.6. The number of carbonyl (C=O) groups excluding carboxylic acids is 3. The second-order valence-corrected chi connectivity index (χ2v) is 12.4. The number of benzene rings is 4. The molecule has 6 rings (SSSR count). The minimum atomic E-state index is -2.16. The van der Waals surface area contributed by atoms with Crippen LogP contribution in [0.25, 0.3) is 0 Å². The summed E-state index contributed by atoms with van der Waals surface area (Å²) in [5.74, 6) is -2.04. The lowest BCUT2D eigenvalue weighted by atomic mass is 9.82. The Hall–Kier alpha value is -5.65. The van der Waals surface area contributed by atoms with Crippen molar-refractivity contribution in [2.24, 2.45) is 5.92 Å². The summed E-state index contributed by atoms with van der Waals surface area (Å²) in [6.07, 6.45) is 3.68. The molecule has 0 spiro atoms. The van der Waals surface area contributed by atoms with Gasteiger partial charge in [-0.1, -0.05) is 73.7 Å². The van der Waals surface area contributed by atoms with Gasteiger partial charge in [-0.25, -0.2) is 0 Å². The summed E-state index contributed by atoms with van der Waals surface area (Å²) >= 11 is 0. The summed E-state index contributed by atoms with van der Waals surface area (Å²) in [6, 6.07) is 27.1. The lowest BCUT2D eigenvalue weighted by Gasteiger charge is -2.36. The van der Waals surface area contributed by atoms with Crippen LogP contribution in [0.4, 0.5) is 17.1 Å². The molecule has 4 aromatic rings. The number of nitro groups is 1. The Morgan fingerprint density at radius 1 is 1.02 bits per heavy atom. The molecule has 3 atom stereocenters. The van der Waals surface area contributed by atoms with Crippen molar-refractivity contribution < 1.29 is 29.5 Å². The number of anilines is 2. The number of rotatable bonds is 10. The Balaban J connectivity index is 1.22. The Kier molecular flexibility index (Phi) is 9.39. The number of nitrogens with one attached hydrogen (secondary N) is 1. The first-order valence-electron chi connectivity index (χ1n) is 16.0. The van der Waals surface area contributed by atoms with Crippen LogP contribution in [0.1, 0.15) is 46.0 Å². The molecule has 4 aromatic carbocycles. The zero-order valence-electron chi connectivity index (χ0n) is 26.9. The average molecular weight is 661 g/mol. The molecule has 3 N–H and O–H groups in total. The summed E-state index contributed by atoms with van der Waals surface area (Å²) in [6.45, 7) is 1.84. The number of fused-ring (bicyclic) bond motifs is 2. The molecule has 0 fully saturated rings. The third kappa shape index (κ3) is 6.58. The molecule has 11 heteroatoms. The number of carbonyl (C=O) groups is 3. The molecule has 2 heterocycles. The molecule has 49 heavy (non-hydrogen) atoms. The van der Waals surface area contributed by atoms with E-state index in [1.165, 1.54) is 23.1 Å². The summed E-state index contributed by atoms with van der Waals surface area (Å²) < 4.78 is 0. The van der Waals surface area contributed by atoms with E-state index < -0.39 is 22.3 Å². The van der Waals surface area contributed by atoms with Crippen LogP contribution in [0, 0.1) is 16.0 Å². The predicted molar refractivity (Wildman–Crippen MR) is 184 cm³/mol. The summed E-state index contributed by atoms with van der Waals surface area (Å²) in [7, 11) is 0. The van der Waals surface area contributed by atoms with Gasteiger partial charge < -0.3 is 25.3 Å². The number of hydrogen-bond donors (Lipinski definition) is 3. The molecular formula is C38H36N4O7. The zero-order chi connectivity index (χ0) is 34.7. The van der Waals surface area contributed by atoms with Crippen LogP contribution in [0.3, 0.4) is 0 Å². The highest BCUT2D eigenvalue weighted by Crippen LogP contribution is 2.47. The van der Waals surface area contributed by atoms with E-state index in [9.17, 15) is 34.7 Å². The van der Waals surface area contributed by atoms with Gasteiger partial charge in [-0.2, -0.15) is 0 Å². The number of non-ortho nitro benzene ring substituents is 1. The maximum absolute atomic E-state index is 14.1.